The van der Waals surface area contributed by atoms with Gasteiger partial charge in [0.05, 0.1) is 23.9 Å². The number of carbonyl (C=O) groups excluding carboxylic acids is 2. The van der Waals surface area contributed by atoms with Crippen LogP contribution >= 0.6 is 11.8 Å². The van der Waals surface area contributed by atoms with Gasteiger partial charge in [-0.05, 0) is 32.2 Å². The molecule has 0 radical (unpaired) electrons. The van der Waals surface area contributed by atoms with Crippen molar-refractivity contribution in [3.8, 4) is 0 Å². The van der Waals surface area contributed by atoms with E-state index in [1.165, 1.54) is 11.8 Å². The zero-order valence-corrected chi connectivity index (χ0v) is 13.2. The summed E-state index contributed by atoms with van der Waals surface area (Å²) in [5.41, 5.74) is 0.667. The van der Waals surface area contributed by atoms with Gasteiger partial charge in [-0.2, -0.15) is 0 Å². The largest absolute Gasteiger partial charge is 0.465 e. The predicted octanol–water partition coefficient (Wildman–Crippen LogP) is 2.82. The van der Waals surface area contributed by atoms with Crippen LogP contribution in [0, 0.1) is 5.92 Å². The minimum atomic E-state index is -1.14. The third kappa shape index (κ3) is 5.23. The van der Waals surface area contributed by atoms with Gasteiger partial charge in [-0.1, -0.05) is 18.2 Å². The summed E-state index contributed by atoms with van der Waals surface area (Å²) in [6.45, 7) is 3.77. The summed E-state index contributed by atoms with van der Waals surface area (Å²) in [4.78, 5) is 28.4. The molecule has 0 aliphatic heterocycles. The molecule has 0 N–H and O–H groups in total. The van der Waals surface area contributed by atoms with E-state index in [0.717, 1.165) is 0 Å². The number of para-hydroxylation sites is 1. The van der Waals surface area contributed by atoms with Gasteiger partial charge in [-0.3, -0.25) is 9.59 Å². The summed E-state index contributed by atoms with van der Waals surface area (Å²) in [6.07, 6.45) is 1.76. The van der Waals surface area contributed by atoms with Crippen molar-refractivity contribution in [3.63, 3.8) is 0 Å². The number of esters is 2. The van der Waals surface area contributed by atoms with E-state index in [1.807, 2.05) is 18.2 Å². The predicted molar refractivity (Wildman–Crippen MR) is 83.8 cm³/mol. The summed E-state index contributed by atoms with van der Waals surface area (Å²) >= 11 is 1.23. The summed E-state index contributed by atoms with van der Waals surface area (Å²) in [5.74, 6) is -2.42. The maximum atomic E-state index is 12.0. The fourth-order valence-electron chi connectivity index (χ4n) is 1.61. The van der Waals surface area contributed by atoms with Crippen LogP contribution in [-0.4, -0.2) is 36.5 Å². The van der Waals surface area contributed by atoms with E-state index in [0.29, 0.717) is 10.7 Å². The van der Waals surface area contributed by atoms with E-state index in [9.17, 15) is 9.59 Å². The molecule has 0 saturated carbocycles. The van der Waals surface area contributed by atoms with Gasteiger partial charge in [0.15, 0.2) is 0 Å². The van der Waals surface area contributed by atoms with Crippen molar-refractivity contribution < 1.29 is 19.1 Å². The Morgan fingerprint density at radius 1 is 1.10 bits per heavy atom. The van der Waals surface area contributed by atoms with Crippen LogP contribution in [0.1, 0.15) is 13.8 Å². The molecule has 114 valence electrons. The number of hydrogen-bond acceptors (Lipinski definition) is 6. The molecule has 0 saturated heterocycles. The fourth-order valence-corrected chi connectivity index (χ4v) is 2.23. The average Bonchev–Trinajstić information content (AvgIpc) is 2.48. The third-order valence-electron chi connectivity index (χ3n) is 2.50. The molecule has 1 aromatic carbocycles. The van der Waals surface area contributed by atoms with Gasteiger partial charge >= 0.3 is 11.9 Å². The molecule has 0 aliphatic rings. The maximum absolute atomic E-state index is 12.0. The number of nitrogens with zero attached hydrogens (tertiary/aromatic N) is 1. The Morgan fingerprint density at radius 3 is 2.05 bits per heavy atom. The maximum Gasteiger partial charge on any atom is 0.327 e. The second-order valence-electron chi connectivity index (χ2n) is 3.93. The van der Waals surface area contributed by atoms with Gasteiger partial charge in [-0.25, -0.2) is 4.99 Å². The molecule has 0 bridgehead atoms. The Bertz CT molecular complexity index is 484. The minimum Gasteiger partial charge on any atom is -0.465 e. The van der Waals surface area contributed by atoms with Crippen LogP contribution in [0.5, 0.6) is 0 Å². The number of rotatable bonds is 6. The van der Waals surface area contributed by atoms with Crippen molar-refractivity contribution in [2.45, 2.75) is 13.8 Å². The van der Waals surface area contributed by atoms with Gasteiger partial charge in [0.25, 0.3) is 0 Å². The van der Waals surface area contributed by atoms with Crippen LogP contribution in [0.15, 0.2) is 35.3 Å². The second kappa shape index (κ2) is 9.18. The smallest absolute Gasteiger partial charge is 0.327 e. The fraction of sp³-hybridized carbons (Fsp3) is 0.400. The highest BCUT2D eigenvalue weighted by molar-refractivity contribution is 8.13. The lowest BCUT2D eigenvalue weighted by Gasteiger charge is -2.15. The first-order valence-corrected chi connectivity index (χ1v) is 7.87. The van der Waals surface area contributed by atoms with Crippen LogP contribution < -0.4 is 0 Å². The normalized spacial score (nSPS) is 11.3. The minimum absolute atomic E-state index is 0.196. The molecular weight excluding hydrogens is 290 g/mol. The van der Waals surface area contributed by atoms with E-state index in [-0.39, 0.29) is 13.2 Å². The standard InChI is InChI=1S/C15H19NO4S/c1-4-19-14(17)12(15(18)20-5-2)13(21-3)16-11-9-7-6-8-10-11/h6-10,12H,4-5H2,1-3H3. The zero-order valence-electron chi connectivity index (χ0n) is 12.4. The van der Waals surface area contributed by atoms with E-state index in [1.54, 1.807) is 32.2 Å². The Labute approximate surface area is 128 Å². The van der Waals surface area contributed by atoms with E-state index < -0.39 is 17.9 Å². The number of benzene rings is 1. The average molecular weight is 309 g/mol. The summed E-state index contributed by atoms with van der Waals surface area (Å²) in [6, 6.07) is 9.13. The van der Waals surface area contributed by atoms with Crippen molar-refractivity contribution in [1.82, 2.24) is 0 Å². The zero-order chi connectivity index (χ0) is 15.7. The van der Waals surface area contributed by atoms with E-state index >= 15 is 0 Å². The number of ether oxygens (including phenoxy) is 2. The second-order valence-corrected chi connectivity index (χ2v) is 4.75. The lowest BCUT2D eigenvalue weighted by Crippen LogP contribution is -2.33. The SMILES string of the molecule is CCOC(=O)C(C(=O)OCC)C(=Nc1ccccc1)SC. The van der Waals surface area contributed by atoms with Gasteiger partial charge < -0.3 is 9.47 Å². The van der Waals surface area contributed by atoms with Crippen molar-refractivity contribution in [2.24, 2.45) is 10.9 Å². The van der Waals surface area contributed by atoms with Crippen molar-refractivity contribution in [1.29, 1.82) is 0 Å². The van der Waals surface area contributed by atoms with Crippen LogP contribution in [-0.2, 0) is 19.1 Å². The van der Waals surface area contributed by atoms with Crippen LogP contribution in [0.25, 0.3) is 0 Å². The van der Waals surface area contributed by atoms with Gasteiger partial charge in [0.1, 0.15) is 0 Å². The van der Waals surface area contributed by atoms with Crippen LogP contribution in [0.2, 0.25) is 0 Å². The lowest BCUT2D eigenvalue weighted by atomic mass is 10.1. The van der Waals surface area contributed by atoms with Crippen LogP contribution in [0.3, 0.4) is 0 Å². The quantitative estimate of drug-likeness (QED) is 0.350. The molecule has 5 nitrogen and oxygen atoms in total. The topological polar surface area (TPSA) is 65.0 Å². The van der Waals surface area contributed by atoms with Crippen LogP contribution in [0.4, 0.5) is 5.69 Å². The molecular formula is C15H19NO4S. The van der Waals surface area contributed by atoms with Gasteiger partial charge in [-0.15, -0.1) is 11.8 Å². The number of aliphatic imine (C=N–C) groups is 1. The summed E-state index contributed by atoms with van der Waals surface area (Å²) in [5, 5.41) is 0.359. The molecule has 0 unspecified atom stereocenters. The molecule has 0 aliphatic carbocycles. The Hall–Kier alpha value is -1.82. The third-order valence-corrected chi connectivity index (χ3v) is 3.24. The molecule has 0 heterocycles. The molecule has 1 aromatic rings. The molecule has 0 aromatic heterocycles. The first-order chi connectivity index (χ1) is 10.1. The Balaban J connectivity index is 3.11. The van der Waals surface area contributed by atoms with Crippen molar-refractivity contribution in [3.05, 3.63) is 30.3 Å². The molecule has 0 atom stereocenters. The molecule has 0 amide bonds. The number of carbonyl (C=O) groups is 2. The first-order valence-electron chi connectivity index (χ1n) is 6.64. The van der Waals surface area contributed by atoms with Crippen molar-refractivity contribution >= 4 is 34.4 Å². The number of thioether (sulfide) groups is 1. The highest BCUT2D eigenvalue weighted by Gasteiger charge is 2.34. The first kappa shape index (κ1) is 17.2. The monoisotopic (exact) mass is 309 g/mol. The molecule has 0 fully saturated rings. The molecule has 6 heteroatoms. The van der Waals surface area contributed by atoms with Gasteiger partial charge in [0.2, 0.25) is 5.92 Å². The highest BCUT2D eigenvalue weighted by Crippen LogP contribution is 2.20. The number of hydrogen-bond donors (Lipinski definition) is 0. The lowest BCUT2D eigenvalue weighted by molar-refractivity contribution is -0.157. The summed E-state index contributed by atoms with van der Waals surface area (Å²) in [7, 11) is 0. The van der Waals surface area contributed by atoms with E-state index in [2.05, 4.69) is 4.99 Å². The van der Waals surface area contributed by atoms with E-state index in [4.69, 9.17) is 9.47 Å². The Morgan fingerprint density at radius 2 is 1.62 bits per heavy atom. The summed E-state index contributed by atoms with van der Waals surface area (Å²) < 4.78 is 9.92. The van der Waals surface area contributed by atoms with Gasteiger partial charge in [0, 0.05) is 0 Å². The Kier molecular flexibility index (Phi) is 7.53. The van der Waals surface area contributed by atoms with Crippen molar-refractivity contribution in [2.75, 3.05) is 19.5 Å². The highest BCUT2D eigenvalue weighted by atomic mass is 32.2. The molecule has 1 rings (SSSR count). The molecule has 0 spiro atoms. The molecule has 21 heavy (non-hydrogen) atoms.